The van der Waals surface area contributed by atoms with Crippen LogP contribution in [0.15, 0.2) is 52.5 Å². The fraction of sp³-hybridized carbons (Fsp3) is 0.294. The molecule has 0 atom stereocenters. The molecule has 1 aromatic carbocycles. The van der Waals surface area contributed by atoms with E-state index in [9.17, 15) is 8.42 Å². The molecular formula is C17H19N3O2S2. The van der Waals surface area contributed by atoms with Gasteiger partial charge >= 0.3 is 0 Å². The van der Waals surface area contributed by atoms with Gasteiger partial charge in [0.25, 0.3) is 0 Å². The molecule has 1 heterocycles. The maximum absolute atomic E-state index is 12.4. The second-order valence-corrected chi connectivity index (χ2v) is 7.96. The van der Waals surface area contributed by atoms with Crippen LogP contribution < -0.4 is 0 Å². The summed E-state index contributed by atoms with van der Waals surface area (Å²) >= 11 is 1.50. The standard InChI is InChI=1S/C17H19N3O2S2/c1-3-20(4-2)24(21,22)16-8-9-17(19-12-16)23-13-15-7-5-6-14(10-15)11-18/h5-10,12H,3-4,13H2,1-2H3. The Bertz CT molecular complexity index is 824. The van der Waals surface area contributed by atoms with E-state index in [0.29, 0.717) is 24.4 Å². The Morgan fingerprint density at radius 1 is 1.21 bits per heavy atom. The number of aromatic nitrogens is 1. The van der Waals surface area contributed by atoms with Gasteiger partial charge in [-0.25, -0.2) is 13.4 Å². The number of benzene rings is 1. The van der Waals surface area contributed by atoms with Crippen molar-refractivity contribution in [2.24, 2.45) is 0 Å². The lowest BCUT2D eigenvalue weighted by molar-refractivity contribution is 0.445. The van der Waals surface area contributed by atoms with Crippen molar-refractivity contribution in [3.05, 3.63) is 53.7 Å². The molecule has 0 N–H and O–H groups in total. The zero-order chi connectivity index (χ0) is 17.6. The number of pyridine rings is 1. The summed E-state index contributed by atoms with van der Waals surface area (Å²) in [5.74, 6) is 0.671. The van der Waals surface area contributed by atoms with Crippen LogP contribution in [0, 0.1) is 11.3 Å². The Balaban J connectivity index is 2.08. The van der Waals surface area contributed by atoms with Crippen LogP contribution in [0.4, 0.5) is 0 Å². The highest BCUT2D eigenvalue weighted by Gasteiger charge is 2.21. The van der Waals surface area contributed by atoms with Crippen molar-refractivity contribution in [2.75, 3.05) is 13.1 Å². The highest BCUT2D eigenvalue weighted by molar-refractivity contribution is 7.98. The van der Waals surface area contributed by atoms with Crippen molar-refractivity contribution in [1.82, 2.24) is 9.29 Å². The van der Waals surface area contributed by atoms with E-state index < -0.39 is 10.0 Å². The molecule has 126 valence electrons. The van der Waals surface area contributed by atoms with Gasteiger partial charge in [-0.3, -0.25) is 0 Å². The predicted molar refractivity (Wildman–Crippen MR) is 95.1 cm³/mol. The van der Waals surface area contributed by atoms with Gasteiger partial charge in [-0.2, -0.15) is 9.57 Å². The molecular weight excluding hydrogens is 342 g/mol. The number of hydrogen-bond donors (Lipinski definition) is 0. The van der Waals surface area contributed by atoms with E-state index in [2.05, 4.69) is 11.1 Å². The Morgan fingerprint density at radius 3 is 2.54 bits per heavy atom. The lowest BCUT2D eigenvalue weighted by Gasteiger charge is -2.18. The molecule has 0 spiro atoms. The first-order valence-corrected chi connectivity index (χ1v) is 10.0. The lowest BCUT2D eigenvalue weighted by atomic mass is 10.2. The van der Waals surface area contributed by atoms with Crippen LogP contribution in [0.2, 0.25) is 0 Å². The highest BCUT2D eigenvalue weighted by Crippen LogP contribution is 2.23. The molecule has 0 fully saturated rings. The summed E-state index contributed by atoms with van der Waals surface area (Å²) < 4.78 is 26.2. The fourth-order valence-electron chi connectivity index (χ4n) is 2.21. The van der Waals surface area contributed by atoms with Gasteiger partial charge in [0.2, 0.25) is 10.0 Å². The topological polar surface area (TPSA) is 74.1 Å². The average molecular weight is 361 g/mol. The van der Waals surface area contributed by atoms with E-state index >= 15 is 0 Å². The van der Waals surface area contributed by atoms with Crippen LogP contribution in [0.5, 0.6) is 0 Å². The third kappa shape index (κ3) is 4.35. The van der Waals surface area contributed by atoms with E-state index in [-0.39, 0.29) is 4.90 Å². The molecule has 0 aliphatic rings. The summed E-state index contributed by atoms with van der Waals surface area (Å²) in [7, 11) is -3.47. The van der Waals surface area contributed by atoms with Gasteiger partial charge in [0.15, 0.2) is 0 Å². The highest BCUT2D eigenvalue weighted by atomic mass is 32.2. The van der Waals surface area contributed by atoms with Crippen LogP contribution in [0.1, 0.15) is 25.0 Å². The maximum atomic E-state index is 12.4. The van der Waals surface area contributed by atoms with E-state index in [1.165, 1.54) is 22.3 Å². The van der Waals surface area contributed by atoms with Crippen molar-refractivity contribution < 1.29 is 8.42 Å². The zero-order valence-electron chi connectivity index (χ0n) is 13.6. The summed E-state index contributed by atoms with van der Waals surface area (Å²) in [4.78, 5) is 4.46. The quantitative estimate of drug-likeness (QED) is 0.708. The van der Waals surface area contributed by atoms with Gasteiger partial charge in [0, 0.05) is 25.0 Å². The van der Waals surface area contributed by atoms with Crippen molar-refractivity contribution in [3.63, 3.8) is 0 Å². The molecule has 7 heteroatoms. The molecule has 0 saturated carbocycles. The minimum Gasteiger partial charge on any atom is -0.249 e. The van der Waals surface area contributed by atoms with Gasteiger partial charge in [-0.1, -0.05) is 26.0 Å². The molecule has 0 radical (unpaired) electrons. The van der Waals surface area contributed by atoms with Gasteiger partial charge < -0.3 is 0 Å². The number of thioether (sulfide) groups is 1. The normalized spacial score (nSPS) is 11.4. The summed E-state index contributed by atoms with van der Waals surface area (Å²) in [5, 5.41) is 9.66. The largest absolute Gasteiger partial charge is 0.249 e. The molecule has 1 aromatic heterocycles. The first-order chi connectivity index (χ1) is 11.5. The summed E-state index contributed by atoms with van der Waals surface area (Å²) in [6.45, 7) is 4.50. The summed E-state index contributed by atoms with van der Waals surface area (Å²) in [6, 6.07) is 12.8. The zero-order valence-corrected chi connectivity index (χ0v) is 15.3. The van der Waals surface area contributed by atoms with Crippen LogP contribution in [-0.4, -0.2) is 30.8 Å². The van der Waals surface area contributed by atoms with Crippen LogP contribution >= 0.6 is 11.8 Å². The number of hydrogen-bond acceptors (Lipinski definition) is 5. The van der Waals surface area contributed by atoms with E-state index in [0.717, 1.165) is 10.6 Å². The average Bonchev–Trinajstić information content (AvgIpc) is 2.61. The van der Waals surface area contributed by atoms with Crippen molar-refractivity contribution in [1.29, 1.82) is 5.26 Å². The number of rotatable bonds is 7. The first kappa shape index (κ1) is 18.5. The maximum Gasteiger partial charge on any atom is 0.244 e. The lowest BCUT2D eigenvalue weighted by Crippen LogP contribution is -2.30. The molecule has 0 aliphatic heterocycles. The number of sulfonamides is 1. The van der Waals surface area contributed by atoms with E-state index in [4.69, 9.17) is 5.26 Å². The van der Waals surface area contributed by atoms with Gasteiger partial charge in [-0.15, -0.1) is 11.8 Å². The van der Waals surface area contributed by atoms with Gasteiger partial charge in [0.1, 0.15) is 4.90 Å². The molecule has 0 unspecified atom stereocenters. The van der Waals surface area contributed by atoms with Crippen molar-refractivity contribution in [3.8, 4) is 6.07 Å². The van der Waals surface area contributed by atoms with E-state index in [1.54, 1.807) is 18.2 Å². The number of nitrogens with zero attached hydrogens (tertiary/aromatic N) is 3. The van der Waals surface area contributed by atoms with Crippen molar-refractivity contribution in [2.45, 2.75) is 29.5 Å². The predicted octanol–water partition coefficient (Wildman–Crippen LogP) is 3.28. The smallest absolute Gasteiger partial charge is 0.244 e. The molecule has 24 heavy (non-hydrogen) atoms. The minimum atomic E-state index is -3.47. The third-order valence-corrected chi connectivity index (χ3v) is 6.54. The molecule has 2 aromatic rings. The molecule has 0 amide bonds. The Morgan fingerprint density at radius 2 is 1.96 bits per heavy atom. The van der Waals surface area contributed by atoms with Crippen LogP contribution in [0.25, 0.3) is 0 Å². The Hall–Kier alpha value is -1.88. The first-order valence-electron chi connectivity index (χ1n) is 7.59. The third-order valence-electron chi connectivity index (χ3n) is 3.50. The molecule has 0 saturated heterocycles. The minimum absolute atomic E-state index is 0.210. The Kier molecular flexibility index (Phi) is 6.37. The molecule has 0 aliphatic carbocycles. The summed E-state index contributed by atoms with van der Waals surface area (Å²) in [6.07, 6.45) is 1.40. The second kappa shape index (κ2) is 8.29. The van der Waals surface area contributed by atoms with Crippen molar-refractivity contribution >= 4 is 21.8 Å². The van der Waals surface area contributed by atoms with Gasteiger partial charge in [0.05, 0.1) is 16.7 Å². The van der Waals surface area contributed by atoms with Gasteiger partial charge in [-0.05, 0) is 29.8 Å². The monoisotopic (exact) mass is 361 g/mol. The van der Waals surface area contributed by atoms with Crippen LogP contribution in [0.3, 0.4) is 0 Å². The summed E-state index contributed by atoms with van der Waals surface area (Å²) in [5.41, 5.74) is 1.66. The molecule has 0 bridgehead atoms. The second-order valence-electron chi connectivity index (χ2n) is 5.02. The fourth-order valence-corrected chi connectivity index (χ4v) is 4.39. The van der Waals surface area contributed by atoms with Crippen LogP contribution in [-0.2, 0) is 15.8 Å². The molecule has 2 rings (SSSR count). The molecule has 5 nitrogen and oxygen atoms in total. The SMILES string of the molecule is CCN(CC)S(=O)(=O)c1ccc(SCc2cccc(C#N)c2)nc1. The Labute approximate surface area is 147 Å². The number of nitriles is 1. The van der Waals surface area contributed by atoms with E-state index in [1.807, 2.05) is 32.0 Å².